The number of carboxylic acid groups (broad SMARTS) is 1. The maximum atomic E-state index is 10.7. The summed E-state index contributed by atoms with van der Waals surface area (Å²) < 4.78 is 5.71. The quantitative estimate of drug-likeness (QED) is 0.757. The molecule has 0 aromatic carbocycles. The normalized spacial score (nSPS) is 15.8. The topological polar surface area (TPSA) is 71.5 Å². The third kappa shape index (κ3) is 3.70. The summed E-state index contributed by atoms with van der Waals surface area (Å²) in [5.74, 6) is -1.01. The molecule has 5 nitrogen and oxygen atoms in total. The summed E-state index contributed by atoms with van der Waals surface area (Å²) in [6.45, 7) is 1.33. The zero-order chi connectivity index (χ0) is 12.8. The molecule has 0 bridgehead atoms. The summed E-state index contributed by atoms with van der Waals surface area (Å²) in [5.41, 5.74) is 0.814. The van der Waals surface area contributed by atoms with E-state index < -0.39 is 5.97 Å². The molecule has 1 saturated carbocycles. The van der Waals surface area contributed by atoms with Gasteiger partial charge >= 0.3 is 5.97 Å². The van der Waals surface area contributed by atoms with E-state index in [0.717, 1.165) is 5.69 Å². The van der Waals surface area contributed by atoms with E-state index in [1.165, 1.54) is 37.9 Å². The van der Waals surface area contributed by atoms with Crippen molar-refractivity contribution < 1.29 is 14.6 Å². The summed E-state index contributed by atoms with van der Waals surface area (Å²) in [7, 11) is 0. The van der Waals surface area contributed by atoms with Crippen molar-refractivity contribution in [1.29, 1.82) is 0 Å². The molecule has 0 spiro atoms. The highest BCUT2D eigenvalue weighted by Gasteiger charge is 2.14. The molecule has 1 heterocycles. The predicted octanol–water partition coefficient (Wildman–Crippen LogP) is 2.15. The first kappa shape index (κ1) is 12.8. The molecule has 1 fully saturated rings. The molecule has 0 saturated heterocycles. The molecule has 2 rings (SSSR count). The number of rotatable bonds is 6. The fourth-order valence-electron chi connectivity index (χ4n) is 2.13. The summed E-state index contributed by atoms with van der Waals surface area (Å²) >= 11 is 0. The Labute approximate surface area is 106 Å². The zero-order valence-electron chi connectivity index (χ0n) is 10.3. The fourth-order valence-corrected chi connectivity index (χ4v) is 2.13. The van der Waals surface area contributed by atoms with E-state index in [1.807, 2.05) is 0 Å². The molecule has 1 aliphatic rings. The lowest BCUT2D eigenvalue weighted by molar-refractivity contribution is 0.0659. The fraction of sp³-hybridized carbons (Fsp3) is 0.538. The molecule has 0 amide bonds. The van der Waals surface area contributed by atoms with Crippen LogP contribution in [0.2, 0.25) is 0 Å². The van der Waals surface area contributed by atoms with E-state index in [0.29, 0.717) is 19.3 Å². The van der Waals surface area contributed by atoms with Gasteiger partial charge < -0.3 is 15.2 Å². The Morgan fingerprint density at radius 1 is 1.50 bits per heavy atom. The van der Waals surface area contributed by atoms with Crippen LogP contribution in [-0.2, 0) is 4.74 Å². The number of nitrogens with zero attached hydrogens (tertiary/aromatic N) is 1. The maximum Gasteiger partial charge on any atom is 0.354 e. The maximum absolute atomic E-state index is 10.7. The Morgan fingerprint density at radius 3 is 3.00 bits per heavy atom. The van der Waals surface area contributed by atoms with E-state index >= 15 is 0 Å². The van der Waals surface area contributed by atoms with Gasteiger partial charge in [0.05, 0.1) is 12.7 Å². The lowest BCUT2D eigenvalue weighted by Crippen LogP contribution is -2.15. The van der Waals surface area contributed by atoms with Gasteiger partial charge in [0.1, 0.15) is 5.69 Å². The Morgan fingerprint density at radius 2 is 2.28 bits per heavy atom. The molecule has 18 heavy (non-hydrogen) atoms. The van der Waals surface area contributed by atoms with Crippen molar-refractivity contribution in [3.63, 3.8) is 0 Å². The smallest absolute Gasteiger partial charge is 0.354 e. The standard InChI is InChI=1S/C13H18N2O3/c16-13(17)12-9-10(5-6-15-12)14-7-8-18-11-3-1-2-4-11/h5-6,9,11H,1-4,7-8H2,(H,14,15)(H,16,17). The number of aromatic nitrogens is 1. The lowest BCUT2D eigenvalue weighted by Gasteiger charge is -2.12. The molecule has 0 unspecified atom stereocenters. The highest BCUT2D eigenvalue weighted by Crippen LogP contribution is 2.20. The van der Waals surface area contributed by atoms with Crippen molar-refractivity contribution in [3.8, 4) is 0 Å². The second kappa shape index (κ2) is 6.35. The van der Waals surface area contributed by atoms with Gasteiger partial charge in [0.25, 0.3) is 0 Å². The Kier molecular flexibility index (Phi) is 4.52. The minimum Gasteiger partial charge on any atom is -0.477 e. The van der Waals surface area contributed by atoms with Crippen LogP contribution in [0.4, 0.5) is 5.69 Å². The second-order valence-corrected chi connectivity index (χ2v) is 4.44. The molecule has 5 heteroatoms. The van der Waals surface area contributed by atoms with Gasteiger partial charge in [-0.25, -0.2) is 9.78 Å². The Bertz CT molecular complexity index is 403. The third-order valence-electron chi connectivity index (χ3n) is 3.07. The van der Waals surface area contributed by atoms with Crippen LogP contribution in [0.3, 0.4) is 0 Å². The largest absolute Gasteiger partial charge is 0.477 e. The third-order valence-corrected chi connectivity index (χ3v) is 3.07. The average Bonchev–Trinajstić information content (AvgIpc) is 2.88. The molecule has 2 N–H and O–H groups in total. The number of hydrogen-bond donors (Lipinski definition) is 2. The van der Waals surface area contributed by atoms with E-state index in [9.17, 15) is 4.79 Å². The van der Waals surface area contributed by atoms with Crippen molar-refractivity contribution in [1.82, 2.24) is 4.98 Å². The van der Waals surface area contributed by atoms with Gasteiger partial charge in [0.2, 0.25) is 0 Å². The van der Waals surface area contributed by atoms with Gasteiger partial charge in [-0.2, -0.15) is 0 Å². The molecule has 0 atom stereocenters. The molecule has 1 aliphatic carbocycles. The number of nitrogens with one attached hydrogen (secondary N) is 1. The molecule has 1 aromatic rings. The number of carboxylic acids is 1. The van der Waals surface area contributed by atoms with Crippen molar-refractivity contribution in [3.05, 3.63) is 24.0 Å². The summed E-state index contributed by atoms with van der Waals surface area (Å²) in [6.07, 6.45) is 6.77. The van der Waals surface area contributed by atoms with Crippen LogP contribution in [0, 0.1) is 0 Å². The van der Waals surface area contributed by atoms with Gasteiger partial charge in [-0.3, -0.25) is 0 Å². The van der Waals surface area contributed by atoms with E-state index in [2.05, 4.69) is 10.3 Å². The van der Waals surface area contributed by atoms with Crippen molar-refractivity contribution in [2.45, 2.75) is 31.8 Å². The van der Waals surface area contributed by atoms with Gasteiger partial charge in [-0.05, 0) is 25.0 Å². The number of pyridine rings is 1. The van der Waals surface area contributed by atoms with Crippen LogP contribution in [0.15, 0.2) is 18.3 Å². The Hall–Kier alpha value is -1.62. The van der Waals surface area contributed by atoms with Crippen LogP contribution in [0.5, 0.6) is 0 Å². The number of aromatic carboxylic acids is 1. The van der Waals surface area contributed by atoms with E-state index in [-0.39, 0.29) is 5.69 Å². The Balaban J connectivity index is 1.72. The minimum atomic E-state index is -1.01. The second-order valence-electron chi connectivity index (χ2n) is 4.44. The van der Waals surface area contributed by atoms with Crippen LogP contribution in [0.25, 0.3) is 0 Å². The van der Waals surface area contributed by atoms with Gasteiger partial charge in [-0.1, -0.05) is 12.8 Å². The van der Waals surface area contributed by atoms with Crippen LogP contribution >= 0.6 is 0 Å². The van der Waals surface area contributed by atoms with Crippen LogP contribution < -0.4 is 5.32 Å². The first-order chi connectivity index (χ1) is 8.75. The van der Waals surface area contributed by atoms with E-state index in [1.54, 1.807) is 6.07 Å². The first-order valence-corrected chi connectivity index (χ1v) is 6.30. The molecule has 98 valence electrons. The molecular formula is C13H18N2O3. The first-order valence-electron chi connectivity index (χ1n) is 6.30. The number of carbonyl (C=O) groups is 1. The molecule has 0 radical (unpaired) electrons. The van der Waals surface area contributed by atoms with Crippen LogP contribution in [0.1, 0.15) is 36.2 Å². The van der Waals surface area contributed by atoms with Crippen molar-refractivity contribution >= 4 is 11.7 Å². The van der Waals surface area contributed by atoms with Crippen molar-refractivity contribution in [2.75, 3.05) is 18.5 Å². The lowest BCUT2D eigenvalue weighted by atomic mass is 10.3. The highest BCUT2D eigenvalue weighted by molar-refractivity contribution is 5.86. The van der Waals surface area contributed by atoms with Gasteiger partial charge in [0, 0.05) is 18.4 Å². The monoisotopic (exact) mass is 250 g/mol. The number of ether oxygens (including phenoxy) is 1. The number of anilines is 1. The van der Waals surface area contributed by atoms with Gasteiger partial charge in [-0.15, -0.1) is 0 Å². The zero-order valence-corrected chi connectivity index (χ0v) is 10.3. The summed E-state index contributed by atoms with van der Waals surface area (Å²) in [6, 6.07) is 3.28. The minimum absolute atomic E-state index is 0.0525. The molecule has 0 aliphatic heterocycles. The van der Waals surface area contributed by atoms with Crippen molar-refractivity contribution in [2.24, 2.45) is 0 Å². The van der Waals surface area contributed by atoms with Crippen LogP contribution in [-0.4, -0.2) is 35.3 Å². The summed E-state index contributed by atoms with van der Waals surface area (Å²) in [4.78, 5) is 14.5. The SMILES string of the molecule is O=C(O)c1cc(NCCOC2CCCC2)ccn1. The molecular weight excluding hydrogens is 232 g/mol. The average molecular weight is 250 g/mol. The molecule has 1 aromatic heterocycles. The summed E-state index contributed by atoms with van der Waals surface area (Å²) in [5, 5.41) is 11.9. The van der Waals surface area contributed by atoms with E-state index in [4.69, 9.17) is 9.84 Å². The predicted molar refractivity (Wildman–Crippen MR) is 67.9 cm³/mol. The number of hydrogen-bond acceptors (Lipinski definition) is 4. The highest BCUT2D eigenvalue weighted by atomic mass is 16.5. The van der Waals surface area contributed by atoms with Gasteiger partial charge in [0.15, 0.2) is 0 Å².